The number of benzene rings is 1. The van der Waals surface area contributed by atoms with E-state index < -0.39 is 0 Å². The van der Waals surface area contributed by atoms with Crippen LogP contribution in [0.2, 0.25) is 5.02 Å². The average Bonchev–Trinajstić information content (AvgIpc) is 2.26. The Morgan fingerprint density at radius 1 is 1.40 bits per heavy atom. The maximum Gasteiger partial charge on any atom is 0.0925 e. The lowest BCUT2D eigenvalue weighted by Crippen LogP contribution is -2.00. The summed E-state index contributed by atoms with van der Waals surface area (Å²) in [6.07, 6.45) is 1.68. The van der Waals surface area contributed by atoms with Crippen LogP contribution in [0.5, 0.6) is 0 Å². The third-order valence-corrected chi connectivity index (χ3v) is 2.87. The van der Waals surface area contributed by atoms with Crippen LogP contribution < -0.4 is 9.86 Å². The van der Waals surface area contributed by atoms with Gasteiger partial charge in [-0.1, -0.05) is 23.5 Å². The molecule has 0 aliphatic rings. The predicted octanol–water partition coefficient (Wildman–Crippen LogP) is 2.57. The number of nitrogens with one attached hydrogen (secondary N) is 1. The molecule has 0 aromatic heterocycles. The molecule has 0 amide bonds. The molecule has 0 aliphatic heterocycles. The minimum absolute atomic E-state index is 0.731. The second-order valence-corrected chi connectivity index (χ2v) is 4.67. The zero-order valence-electron chi connectivity index (χ0n) is 8.02. The maximum atomic E-state index is 5.76. The minimum Gasteiger partial charge on any atom is -0.317 e. The summed E-state index contributed by atoms with van der Waals surface area (Å²) in [6.45, 7) is 0.731. The summed E-state index contributed by atoms with van der Waals surface area (Å²) in [7, 11) is 0. The Morgan fingerprint density at radius 2 is 2.13 bits per heavy atom. The number of nitrogens with zero attached hydrogens (tertiary/aromatic N) is 1. The topological polar surface area (TPSA) is 50.4 Å². The molecule has 0 heterocycles. The van der Waals surface area contributed by atoms with Gasteiger partial charge in [-0.2, -0.15) is 0 Å². The second-order valence-electron chi connectivity index (χ2n) is 2.58. The van der Waals surface area contributed by atoms with Gasteiger partial charge in [0.05, 0.1) is 12.9 Å². The molecule has 0 bridgehead atoms. The molecule has 3 N–H and O–H groups in total. The average molecular weight is 262 g/mol. The Morgan fingerprint density at radius 3 is 2.80 bits per heavy atom. The molecule has 82 valence electrons. The van der Waals surface area contributed by atoms with E-state index in [1.165, 1.54) is 23.9 Å². The van der Waals surface area contributed by atoms with E-state index in [1.54, 1.807) is 6.34 Å². The predicted molar refractivity (Wildman–Crippen MR) is 70.4 cm³/mol. The van der Waals surface area contributed by atoms with Crippen LogP contribution in [0.15, 0.2) is 34.2 Å². The number of hydrogen-bond acceptors (Lipinski definition) is 4. The molecule has 1 aromatic carbocycles. The zero-order chi connectivity index (χ0) is 10.9. The standard InChI is InChI=1S/C9H12ClN3S2/c10-8-1-3-9(4-2-8)15-13-7-12-5-6-14-11/h1-4,7H,5-6,11H2,(H,12,13). The third kappa shape index (κ3) is 5.94. The molecule has 15 heavy (non-hydrogen) atoms. The molecule has 0 saturated carbocycles. The van der Waals surface area contributed by atoms with Crippen LogP contribution >= 0.6 is 35.5 Å². The Kier molecular flexibility index (Phi) is 6.67. The number of nitrogens with two attached hydrogens (primary N) is 1. The summed E-state index contributed by atoms with van der Waals surface area (Å²) in [5.74, 6) is 0.837. The molecule has 0 spiro atoms. The van der Waals surface area contributed by atoms with Crippen molar-refractivity contribution in [3.05, 3.63) is 29.3 Å². The summed E-state index contributed by atoms with van der Waals surface area (Å²) in [6, 6.07) is 7.61. The van der Waals surface area contributed by atoms with E-state index in [2.05, 4.69) is 9.71 Å². The smallest absolute Gasteiger partial charge is 0.0925 e. The first kappa shape index (κ1) is 12.7. The van der Waals surface area contributed by atoms with Crippen LogP contribution in [0.4, 0.5) is 0 Å². The first-order chi connectivity index (χ1) is 7.33. The second kappa shape index (κ2) is 7.87. The molecule has 6 heteroatoms. The van der Waals surface area contributed by atoms with E-state index >= 15 is 0 Å². The van der Waals surface area contributed by atoms with Crippen molar-refractivity contribution in [1.82, 2.24) is 4.72 Å². The lowest BCUT2D eigenvalue weighted by Gasteiger charge is -1.99. The molecule has 0 unspecified atom stereocenters. The Balaban J connectivity index is 2.20. The van der Waals surface area contributed by atoms with E-state index in [4.69, 9.17) is 16.7 Å². The Hall–Kier alpha value is -0.360. The van der Waals surface area contributed by atoms with Crippen molar-refractivity contribution in [2.24, 2.45) is 10.1 Å². The van der Waals surface area contributed by atoms with Crippen LogP contribution in [-0.4, -0.2) is 18.6 Å². The van der Waals surface area contributed by atoms with Gasteiger partial charge in [0.25, 0.3) is 0 Å². The van der Waals surface area contributed by atoms with Crippen molar-refractivity contribution < 1.29 is 0 Å². The first-order valence-corrected chi connectivity index (χ1v) is 6.55. The Labute approximate surface area is 103 Å². The molecule has 0 atom stereocenters. The fraction of sp³-hybridized carbons (Fsp3) is 0.222. The first-order valence-electron chi connectivity index (χ1n) is 4.31. The van der Waals surface area contributed by atoms with Gasteiger partial charge in [0.2, 0.25) is 0 Å². The molecule has 1 aromatic rings. The van der Waals surface area contributed by atoms with Crippen molar-refractivity contribution in [3.63, 3.8) is 0 Å². The van der Waals surface area contributed by atoms with Gasteiger partial charge in [-0.05, 0) is 36.2 Å². The normalized spacial score (nSPS) is 10.8. The minimum atomic E-state index is 0.731. The zero-order valence-corrected chi connectivity index (χ0v) is 10.4. The maximum absolute atomic E-state index is 5.76. The van der Waals surface area contributed by atoms with Gasteiger partial charge in [-0.3, -0.25) is 10.1 Å². The van der Waals surface area contributed by atoms with Gasteiger partial charge in [-0.25, -0.2) is 0 Å². The molecule has 0 fully saturated rings. The Bertz CT molecular complexity index is 303. The van der Waals surface area contributed by atoms with Gasteiger partial charge in [0.1, 0.15) is 0 Å². The van der Waals surface area contributed by atoms with Gasteiger partial charge >= 0.3 is 0 Å². The van der Waals surface area contributed by atoms with E-state index in [0.717, 1.165) is 22.2 Å². The van der Waals surface area contributed by atoms with E-state index in [9.17, 15) is 0 Å². The van der Waals surface area contributed by atoms with E-state index in [-0.39, 0.29) is 0 Å². The van der Waals surface area contributed by atoms with Crippen molar-refractivity contribution in [2.75, 3.05) is 12.3 Å². The molecule has 1 rings (SSSR count). The molecular weight excluding hydrogens is 250 g/mol. The number of rotatable bonds is 6. The SMILES string of the molecule is NSCCN=CNSc1ccc(Cl)cc1. The van der Waals surface area contributed by atoms with Crippen molar-refractivity contribution in [3.8, 4) is 0 Å². The molecular formula is C9H12ClN3S2. The van der Waals surface area contributed by atoms with Crippen molar-refractivity contribution >= 4 is 41.8 Å². The summed E-state index contributed by atoms with van der Waals surface area (Å²) in [5, 5.41) is 6.00. The van der Waals surface area contributed by atoms with Crippen LogP contribution in [0.1, 0.15) is 0 Å². The summed E-state index contributed by atoms with van der Waals surface area (Å²) in [4.78, 5) is 5.21. The highest BCUT2D eigenvalue weighted by Gasteiger charge is 1.91. The molecule has 0 saturated heterocycles. The number of hydrogen-bond donors (Lipinski definition) is 2. The monoisotopic (exact) mass is 261 g/mol. The molecule has 0 aliphatic carbocycles. The molecule has 0 radical (unpaired) electrons. The van der Waals surface area contributed by atoms with Crippen LogP contribution in [-0.2, 0) is 0 Å². The van der Waals surface area contributed by atoms with Crippen molar-refractivity contribution in [1.29, 1.82) is 0 Å². The van der Waals surface area contributed by atoms with Crippen LogP contribution in [0.3, 0.4) is 0 Å². The van der Waals surface area contributed by atoms with Gasteiger partial charge in [0.15, 0.2) is 0 Å². The summed E-state index contributed by atoms with van der Waals surface area (Å²) in [5.41, 5.74) is 0. The van der Waals surface area contributed by atoms with Gasteiger partial charge in [0, 0.05) is 15.7 Å². The number of aliphatic imine (C=N–C) groups is 1. The highest BCUT2D eigenvalue weighted by Crippen LogP contribution is 2.16. The quantitative estimate of drug-likeness (QED) is 0.358. The molecule has 3 nitrogen and oxygen atoms in total. The van der Waals surface area contributed by atoms with Gasteiger partial charge < -0.3 is 4.72 Å². The largest absolute Gasteiger partial charge is 0.317 e. The highest BCUT2D eigenvalue weighted by atomic mass is 35.5. The van der Waals surface area contributed by atoms with Crippen molar-refractivity contribution in [2.45, 2.75) is 4.90 Å². The third-order valence-electron chi connectivity index (χ3n) is 1.47. The van der Waals surface area contributed by atoms with E-state index in [1.807, 2.05) is 24.3 Å². The fourth-order valence-corrected chi connectivity index (χ4v) is 1.68. The van der Waals surface area contributed by atoms with Crippen LogP contribution in [0, 0.1) is 0 Å². The summed E-state index contributed by atoms with van der Waals surface area (Å²) >= 11 is 8.55. The van der Waals surface area contributed by atoms with Crippen LogP contribution in [0.25, 0.3) is 0 Å². The van der Waals surface area contributed by atoms with Gasteiger partial charge in [-0.15, -0.1) is 0 Å². The highest BCUT2D eigenvalue weighted by molar-refractivity contribution is 7.98. The number of halogens is 1. The van der Waals surface area contributed by atoms with E-state index in [0.29, 0.717) is 0 Å². The lowest BCUT2D eigenvalue weighted by atomic mass is 10.4. The fourth-order valence-electron chi connectivity index (χ4n) is 0.804. The summed E-state index contributed by atoms with van der Waals surface area (Å²) < 4.78 is 3.01. The lowest BCUT2D eigenvalue weighted by molar-refractivity contribution is 1.14.